The molecule has 0 bridgehead atoms. The molecule has 2 atom stereocenters. The standard InChI is InChI=1S/C21H27Cl2N2O5P/c1-6-28-31(5,27)16(18(26)29-20(2,3)4)12-17-24-19(25-30-17)21(7-8-21)13-9-14(22)11-15(23)10-13/h9-11,16H,6-8,12H2,1-5H3. The molecule has 2 unspecified atom stereocenters. The first-order valence-corrected chi connectivity index (χ1v) is 13.0. The Morgan fingerprint density at radius 1 is 1.26 bits per heavy atom. The summed E-state index contributed by atoms with van der Waals surface area (Å²) in [5.41, 5.74) is -1.29. The van der Waals surface area contributed by atoms with Crippen LogP contribution in [0.4, 0.5) is 0 Å². The lowest BCUT2D eigenvalue weighted by molar-refractivity contribution is -0.154. The Hall–Kier alpha value is -1.40. The first kappa shape index (κ1) is 24.2. The van der Waals surface area contributed by atoms with Gasteiger partial charge in [0.2, 0.25) is 13.3 Å². The number of esters is 1. The number of aromatic nitrogens is 2. The second-order valence-corrected chi connectivity index (χ2v) is 12.4. The normalized spacial score (nSPS) is 18.3. The Kier molecular flexibility index (Phi) is 6.93. The van der Waals surface area contributed by atoms with Gasteiger partial charge >= 0.3 is 5.97 Å². The van der Waals surface area contributed by atoms with Crippen LogP contribution < -0.4 is 0 Å². The Morgan fingerprint density at radius 2 is 1.87 bits per heavy atom. The number of hydrogen-bond donors (Lipinski definition) is 0. The summed E-state index contributed by atoms with van der Waals surface area (Å²) in [7, 11) is -3.33. The average molecular weight is 489 g/mol. The lowest BCUT2D eigenvalue weighted by atomic mass is 9.95. The molecule has 0 aliphatic heterocycles. The molecule has 0 radical (unpaired) electrons. The second-order valence-electron chi connectivity index (χ2n) is 8.83. The molecule has 0 amide bonds. The summed E-state index contributed by atoms with van der Waals surface area (Å²) in [5, 5.41) is 5.21. The highest BCUT2D eigenvalue weighted by atomic mass is 35.5. The van der Waals surface area contributed by atoms with Crippen LogP contribution in [-0.2, 0) is 30.5 Å². The largest absolute Gasteiger partial charge is 0.459 e. The first-order valence-electron chi connectivity index (χ1n) is 10.1. The molecule has 0 saturated heterocycles. The molecule has 1 aliphatic rings. The van der Waals surface area contributed by atoms with Crippen molar-refractivity contribution < 1.29 is 23.1 Å². The number of benzene rings is 1. The molecule has 10 heteroatoms. The van der Waals surface area contributed by atoms with Gasteiger partial charge in [0.1, 0.15) is 11.3 Å². The molecule has 1 aromatic carbocycles. The molecule has 1 aliphatic carbocycles. The SMILES string of the molecule is CCOP(C)(=O)C(Cc1nc(C2(c3cc(Cl)cc(Cl)c3)CC2)no1)C(=O)OC(C)(C)C. The van der Waals surface area contributed by atoms with E-state index in [1.807, 2.05) is 12.1 Å². The summed E-state index contributed by atoms with van der Waals surface area (Å²) < 4.78 is 29.5. The molecule has 170 valence electrons. The van der Waals surface area contributed by atoms with Crippen LogP contribution in [0.3, 0.4) is 0 Å². The van der Waals surface area contributed by atoms with E-state index in [1.54, 1.807) is 33.8 Å². The second kappa shape index (κ2) is 8.86. The summed E-state index contributed by atoms with van der Waals surface area (Å²) in [4.78, 5) is 17.3. The van der Waals surface area contributed by atoms with Gasteiger partial charge in [0, 0.05) is 23.1 Å². The highest BCUT2D eigenvalue weighted by molar-refractivity contribution is 7.60. The summed E-state index contributed by atoms with van der Waals surface area (Å²) in [6, 6.07) is 5.35. The van der Waals surface area contributed by atoms with Crippen molar-refractivity contribution in [2.45, 2.75) is 63.6 Å². The molecule has 1 saturated carbocycles. The number of ether oxygens (including phenoxy) is 1. The summed E-state index contributed by atoms with van der Waals surface area (Å²) in [6.45, 7) is 8.61. The molecular formula is C21H27Cl2N2O5P. The van der Waals surface area contributed by atoms with Crippen molar-refractivity contribution >= 4 is 36.5 Å². The highest BCUT2D eigenvalue weighted by Crippen LogP contribution is 2.54. The van der Waals surface area contributed by atoms with E-state index in [0.717, 1.165) is 18.4 Å². The van der Waals surface area contributed by atoms with E-state index in [-0.39, 0.29) is 18.9 Å². The minimum atomic E-state index is -3.33. The van der Waals surface area contributed by atoms with E-state index in [0.29, 0.717) is 15.9 Å². The number of hydrogen-bond acceptors (Lipinski definition) is 7. The van der Waals surface area contributed by atoms with Gasteiger partial charge in [-0.15, -0.1) is 0 Å². The van der Waals surface area contributed by atoms with Crippen LogP contribution in [0.5, 0.6) is 0 Å². The zero-order chi connectivity index (χ0) is 23.0. The Balaban J connectivity index is 1.87. The lowest BCUT2D eigenvalue weighted by Crippen LogP contribution is -2.33. The maximum Gasteiger partial charge on any atom is 0.319 e. The predicted molar refractivity (Wildman–Crippen MR) is 119 cm³/mol. The summed E-state index contributed by atoms with van der Waals surface area (Å²) in [5.74, 6) is 0.0763. The fourth-order valence-corrected chi connectivity index (χ4v) is 5.59. The minimum Gasteiger partial charge on any atom is -0.459 e. The smallest absolute Gasteiger partial charge is 0.319 e. The number of carbonyl (C=O) groups is 1. The molecule has 3 rings (SSSR count). The molecule has 1 heterocycles. The van der Waals surface area contributed by atoms with Gasteiger partial charge in [-0.3, -0.25) is 9.36 Å². The van der Waals surface area contributed by atoms with Crippen LogP contribution in [0.25, 0.3) is 0 Å². The first-order chi connectivity index (χ1) is 14.4. The van der Waals surface area contributed by atoms with E-state index in [1.165, 1.54) is 6.66 Å². The highest BCUT2D eigenvalue weighted by Gasteiger charge is 2.50. The van der Waals surface area contributed by atoms with Crippen molar-refractivity contribution in [2.75, 3.05) is 13.3 Å². The van der Waals surface area contributed by atoms with Gasteiger partial charge in [-0.1, -0.05) is 28.4 Å². The van der Waals surface area contributed by atoms with Crippen molar-refractivity contribution in [1.29, 1.82) is 0 Å². The van der Waals surface area contributed by atoms with Gasteiger partial charge in [-0.25, -0.2) is 0 Å². The maximum absolute atomic E-state index is 13.1. The van der Waals surface area contributed by atoms with Gasteiger partial charge < -0.3 is 13.8 Å². The monoisotopic (exact) mass is 488 g/mol. The van der Waals surface area contributed by atoms with Crippen molar-refractivity contribution in [2.24, 2.45) is 0 Å². The fourth-order valence-electron chi connectivity index (χ4n) is 3.45. The molecular weight excluding hydrogens is 462 g/mol. The van der Waals surface area contributed by atoms with Gasteiger partial charge in [0.05, 0.1) is 12.0 Å². The Labute approximate surface area is 192 Å². The molecule has 31 heavy (non-hydrogen) atoms. The van der Waals surface area contributed by atoms with Crippen molar-refractivity contribution in [3.05, 3.63) is 45.5 Å². The molecule has 2 aromatic rings. The molecule has 0 N–H and O–H groups in total. The van der Waals surface area contributed by atoms with Gasteiger partial charge in [-0.2, -0.15) is 4.98 Å². The van der Waals surface area contributed by atoms with Crippen LogP contribution in [0, 0.1) is 0 Å². The number of halogens is 2. The number of carbonyl (C=O) groups excluding carboxylic acids is 1. The third-order valence-electron chi connectivity index (χ3n) is 5.06. The number of rotatable bonds is 8. The lowest BCUT2D eigenvalue weighted by Gasteiger charge is -2.26. The van der Waals surface area contributed by atoms with Crippen molar-refractivity contribution in [3.8, 4) is 0 Å². The van der Waals surface area contributed by atoms with E-state index >= 15 is 0 Å². The van der Waals surface area contributed by atoms with Crippen molar-refractivity contribution in [3.63, 3.8) is 0 Å². The van der Waals surface area contributed by atoms with E-state index in [4.69, 9.17) is 37.0 Å². The van der Waals surface area contributed by atoms with Crippen LogP contribution in [0.1, 0.15) is 57.8 Å². The zero-order valence-electron chi connectivity index (χ0n) is 18.3. The van der Waals surface area contributed by atoms with Crippen molar-refractivity contribution in [1.82, 2.24) is 10.1 Å². The van der Waals surface area contributed by atoms with Crippen LogP contribution in [-0.4, -0.2) is 40.6 Å². The maximum atomic E-state index is 13.1. The fraction of sp³-hybridized carbons (Fsp3) is 0.571. The van der Waals surface area contributed by atoms with Crippen LogP contribution in [0.15, 0.2) is 22.7 Å². The van der Waals surface area contributed by atoms with Gasteiger partial charge in [0.15, 0.2) is 5.82 Å². The minimum absolute atomic E-state index is 0.0396. The summed E-state index contributed by atoms with van der Waals surface area (Å²) in [6.07, 6.45) is 1.61. The zero-order valence-corrected chi connectivity index (χ0v) is 20.7. The average Bonchev–Trinajstić information content (AvgIpc) is 3.29. The Bertz CT molecular complexity index is 993. The van der Waals surface area contributed by atoms with E-state index in [9.17, 15) is 9.36 Å². The third-order valence-corrected chi connectivity index (χ3v) is 7.79. The summed E-state index contributed by atoms with van der Waals surface area (Å²) >= 11 is 12.3. The predicted octanol–water partition coefficient (Wildman–Crippen LogP) is 5.65. The van der Waals surface area contributed by atoms with Gasteiger partial charge in [-0.05, 0) is 64.3 Å². The number of nitrogens with zero attached hydrogens (tertiary/aromatic N) is 2. The quantitative estimate of drug-likeness (QED) is 0.349. The topological polar surface area (TPSA) is 91.5 Å². The Morgan fingerprint density at radius 3 is 2.39 bits per heavy atom. The molecule has 1 aromatic heterocycles. The molecule has 7 nitrogen and oxygen atoms in total. The van der Waals surface area contributed by atoms with Gasteiger partial charge in [0.25, 0.3) is 0 Å². The third kappa shape index (κ3) is 5.70. The van der Waals surface area contributed by atoms with Crippen LogP contribution in [0.2, 0.25) is 10.0 Å². The van der Waals surface area contributed by atoms with E-state index in [2.05, 4.69) is 10.1 Å². The molecule has 1 fully saturated rings. The van der Waals surface area contributed by atoms with E-state index < -0.39 is 30.0 Å². The van der Waals surface area contributed by atoms with Crippen LogP contribution >= 0.6 is 30.6 Å². The molecule has 0 spiro atoms.